The summed E-state index contributed by atoms with van der Waals surface area (Å²) in [5.41, 5.74) is 28.4. The maximum atomic E-state index is 6.68. The first-order valence-electron chi connectivity index (χ1n) is 25.3. The SMILES string of the molecule is CC.CC.N/C=C(\C=C/Cc1ccc(-n2c3c(c4ccccc42)-c2ccccc2N(c2ccccc2)c2ccccc2-3)cc1)n1c2c(c3ccccc31)-c1ccccc1N(c1ccccc1)c1ccccc1-2. The van der Waals surface area contributed by atoms with Crippen LogP contribution in [0.1, 0.15) is 33.3 Å². The van der Waals surface area contributed by atoms with E-state index in [0.717, 1.165) is 68.7 Å². The largest absolute Gasteiger partial charge is 0.403 e. The number of fused-ring (bicyclic) bond motifs is 14. The standard InChI is InChI=1S/C63H45N5.2C2H6/c64-42-47(68-57-35-16-10-29-51(57)61-49-27-8-14-33-55(49)66(45-23-5-2-6-24-45)59-37-18-12-31-53(59)63(61)68)25-19-20-43-38-40-46(41-39-43)67-56-34-15-9-28-50(56)60-48-26-7-13-32-54(48)65(44-21-3-1-4-22-44)58-36-17-11-30-52(58)62(60)67;2*1-2/h1-19,21-42H,20,64H2;2*1-2H3/b25-19-,47-42+;;. The molecule has 0 aliphatic carbocycles. The predicted molar refractivity (Wildman–Crippen MR) is 307 cm³/mol. The van der Waals surface area contributed by atoms with E-state index >= 15 is 0 Å². The molecule has 0 saturated carbocycles. The van der Waals surface area contributed by atoms with Crippen LogP contribution < -0.4 is 15.5 Å². The molecule has 2 aliphatic heterocycles. The van der Waals surface area contributed by atoms with Crippen molar-refractivity contribution in [3.8, 4) is 50.5 Å². The van der Waals surface area contributed by atoms with Gasteiger partial charge in [0.25, 0.3) is 0 Å². The van der Waals surface area contributed by atoms with Crippen LogP contribution >= 0.6 is 0 Å². The highest BCUT2D eigenvalue weighted by atomic mass is 15.2. The molecular weight excluding hydrogens is 875 g/mol. The van der Waals surface area contributed by atoms with Gasteiger partial charge in [0.2, 0.25) is 0 Å². The van der Waals surface area contributed by atoms with Gasteiger partial charge >= 0.3 is 0 Å². The van der Waals surface area contributed by atoms with Crippen LogP contribution in [0.15, 0.2) is 249 Å². The van der Waals surface area contributed by atoms with Gasteiger partial charge in [-0.25, -0.2) is 0 Å². The molecule has 0 spiro atoms. The number of benzene rings is 9. The second-order valence-corrected chi connectivity index (χ2v) is 17.4. The number of rotatable bonds is 7. The zero-order valence-electron chi connectivity index (χ0n) is 41.2. The molecule has 0 amide bonds. The normalized spacial score (nSPS) is 12.2. The van der Waals surface area contributed by atoms with Crippen LogP contribution in [-0.4, -0.2) is 9.13 Å². The highest BCUT2D eigenvalue weighted by Gasteiger charge is 2.33. The van der Waals surface area contributed by atoms with E-state index in [1.165, 1.54) is 55.4 Å². The minimum absolute atomic E-state index is 0.729. The average molecular weight is 932 g/mol. The zero-order chi connectivity index (χ0) is 49.1. The van der Waals surface area contributed by atoms with Crippen molar-refractivity contribution in [2.75, 3.05) is 9.80 Å². The van der Waals surface area contributed by atoms with Crippen LogP contribution in [0, 0.1) is 0 Å². The van der Waals surface area contributed by atoms with Crippen LogP contribution in [0.25, 0.3) is 78.0 Å². The Hall–Kier alpha value is -9.06. The van der Waals surface area contributed by atoms with Crippen LogP contribution in [0.5, 0.6) is 0 Å². The van der Waals surface area contributed by atoms with Crippen molar-refractivity contribution in [2.45, 2.75) is 34.1 Å². The van der Waals surface area contributed by atoms with Gasteiger partial charge in [-0.1, -0.05) is 191 Å². The summed E-state index contributed by atoms with van der Waals surface area (Å²) in [5.74, 6) is 0. The third-order valence-corrected chi connectivity index (χ3v) is 13.7. The van der Waals surface area contributed by atoms with E-state index in [1.807, 2.05) is 27.7 Å². The molecule has 9 aromatic carbocycles. The summed E-state index contributed by atoms with van der Waals surface area (Å²) in [5, 5.41) is 2.40. The van der Waals surface area contributed by atoms with Crippen molar-refractivity contribution >= 4 is 61.6 Å². The Balaban J connectivity index is 0.00000137. The number of nitrogens with two attached hydrogens (primary N) is 1. The summed E-state index contributed by atoms with van der Waals surface area (Å²) in [6, 6.07) is 83.2. The molecule has 2 aromatic heterocycles. The summed E-state index contributed by atoms with van der Waals surface area (Å²) in [6.07, 6.45) is 6.90. The van der Waals surface area contributed by atoms with E-state index in [2.05, 4.69) is 262 Å². The molecule has 0 unspecified atom stereocenters. The first kappa shape index (κ1) is 45.4. The number of para-hydroxylation sites is 8. The number of nitrogens with zero attached hydrogens (tertiary/aromatic N) is 4. The molecule has 350 valence electrons. The second-order valence-electron chi connectivity index (χ2n) is 17.4. The number of hydrogen-bond acceptors (Lipinski definition) is 3. The minimum Gasteiger partial charge on any atom is -0.403 e. The number of aromatic nitrogens is 2. The molecule has 13 rings (SSSR count). The van der Waals surface area contributed by atoms with Gasteiger partial charge in [0.1, 0.15) is 0 Å². The molecule has 11 aromatic rings. The van der Waals surface area contributed by atoms with Gasteiger partial charge < -0.3 is 24.7 Å². The Morgan fingerprint density at radius 1 is 0.389 bits per heavy atom. The van der Waals surface area contributed by atoms with Crippen molar-refractivity contribution in [1.82, 2.24) is 9.13 Å². The zero-order valence-corrected chi connectivity index (χ0v) is 41.2. The highest BCUT2D eigenvalue weighted by Crippen LogP contribution is 2.56. The van der Waals surface area contributed by atoms with E-state index in [-0.39, 0.29) is 0 Å². The van der Waals surface area contributed by atoms with Gasteiger partial charge in [-0.3, -0.25) is 0 Å². The Morgan fingerprint density at radius 3 is 1.32 bits per heavy atom. The molecule has 0 bridgehead atoms. The minimum atomic E-state index is 0.729. The molecule has 2 aliphatic rings. The summed E-state index contributed by atoms with van der Waals surface area (Å²) >= 11 is 0. The molecule has 0 saturated heterocycles. The molecular formula is C67H57N5. The molecule has 5 nitrogen and oxygen atoms in total. The lowest BCUT2D eigenvalue weighted by atomic mass is 9.98. The van der Waals surface area contributed by atoms with Gasteiger partial charge in [-0.15, -0.1) is 0 Å². The summed E-state index contributed by atoms with van der Waals surface area (Å²) in [7, 11) is 0. The third kappa shape index (κ3) is 7.49. The number of anilines is 6. The summed E-state index contributed by atoms with van der Waals surface area (Å²) < 4.78 is 4.81. The Bertz CT molecular complexity index is 3780. The average Bonchev–Trinajstić information content (AvgIpc) is 3.89. The fourth-order valence-corrected chi connectivity index (χ4v) is 10.8. The lowest BCUT2D eigenvalue weighted by Crippen LogP contribution is -2.11. The second kappa shape index (κ2) is 19.7. The fraction of sp³-hybridized carbons (Fsp3) is 0.0746. The monoisotopic (exact) mass is 931 g/mol. The predicted octanol–water partition coefficient (Wildman–Crippen LogP) is 18.4. The van der Waals surface area contributed by atoms with E-state index < -0.39 is 0 Å². The van der Waals surface area contributed by atoms with E-state index in [0.29, 0.717) is 0 Å². The van der Waals surface area contributed by atoms with E-state index in [4.69, 9.17) is 5.73 Å². The quantitative estimate of drug-likeness (QED) is 0.162. The molecule has 72 heavy (non-hydrogen) atoms. The van der Waals surface area contributed by atoms with E-state index in [1.54, 1.807) is 6.20 Å². The molecule has 0 radical (unpaired) electrons. The lowest BCUT2D eigenvalue weighted by molar-refractivity contribution is 1.12. The van der Waals surface area contributed by atoms with Gasteiger partial charge in [-0.2, -0.15) is 0 Å². The smallest absolute Gasteiger partial charge is 0.0641 e. The third-order valence-electron chi connectivity index (χ3n) is 13.7. The lowest BCUT2D eigenvalue weighted by Gasteiger charge is -2.27. The summed E-state index contributed by atoms with van der Waals surface area (Å²) in [6.45, 7) is 8.00. The summed E-state index contributed by atoms with van der Waals surface area (Å²) in [4.78, 5) is 4.80. The van der Waals surface area contributed by atoms with Gasteiger partial charge in [-0.05, 0) is 90.9 Å². The molecule has 0 atom stereocenters. The van der Waals surface area contributed by atoms with Crippen LogP contribution in [0.3, 0.4) is 0 Å². The highest BCUT2D eigenvalue weighted by molar-refractivity contribution is 6.15. The number of hydrogen-bond donors (Lipinski definition) is 1. The molecule has 2 N–H and O–H groups in total. The fourth-order valence-electron chi connectivity index (χ4n) is 10.8. The molecule has 0 fully saturated rings. The van der Waals surface area contributed by atoms with Crippen molar-refractivity contribution < 1.29 is 0 Å². The molecule has 5 heteroatoms. The first-order chi connectivity index (χ1) is 35.8. The van der Waals surface area contributed by atoms with E-state index in [9.17, 15) is 0 Å². The van der Waals surface area contributed by atoms with Crippen molar-refractivity contribution in [3.63, 3.8) is 0 Å². The topological polar surface area (TPSA) is 42.4 Å². The maximum Gasteiger partial charge on any atom is 0.0641 e. The van der Waals surface area contributed by atoms with Crippen molar-refractivity contribution in [1.29, 1.82) is 0 Å². The van der Waals surface area contributed by atoms with Gasteiger partial charge in [0, 0.05) is 67.4 Å². The Labute approximate surface area is 423 Å². The van der Waals surface area contributed by atoms with Gasteiger partial charge in [0.05, 0.1) is 50.9 Å². The molecule has 4 heterocycles. The van der Waals surface area contributed by atoms with Gasteiger partial charge in [0.15, 0.2) is 0 Å². The van der Waals surface area contributed by atoms with Crippen LogP contribution in [0.2, 0.25) is 0 Å². The van der Waals surface area contributed by atoms with Crippen molar-refractivity contribution in [3.05, 3.63) is 254 Å². The maximum absolute atomic E-state index is 6.68. The Morgan fingerprint density at radius 2 is 0.792 bits per heavy atom. The van der Waals surface area contributed by atoms with Crippen molar-refractivity contribution in [2.24, 2.45) is 5.73 Å². The Kier molecular flexibility index (Phi) is 12.4. The first-order valence-corrected chi connectivity index (χ1v) is 25.3. The van der Waals surface area contributed by atoms with Crippen LogP contribution in [-0.2, 0) is 6.42 Å². The van der Waals surface area contributed by atoms with Crippen LogP contribution in [0.4, 0.5) is 34.1 Å². The number of allylic oxidation sites excluding steroid dienone is 3.